The number of benzene rings is 1. The van der Waals surface area contributed by atoms with E-state index in [0.29, 0.717) is 5.75 Å². The zero-order valence-corrected chi connectivity index (χ0v) is 12.3. The lowest BCUT2D eigenvalue weighted by atomic mass is 10.1. The number of carbonyl (C=O) groups is 2. The summed E-state index contributed by atoms with van der Waals surface area (Å²) in [5, 5.41) is 11.5. The van der Waals surface area contributed by atoms with E-state index in [9.17, 15) is 9.59 Å². The van der Waals surface area contributed by atoms with E-state index in [4.69, 9.17) is 9.84 Å². The molecule has 0 aliphatic rings. The second-order valence-electron chi connectivity index (χ2n) is 5.19. The van der Waals surface area contributed by atoms with Crippen molar-refractivity contribution in [2.75, 3.05) is 6.61 Å². The Hall–Kier alpha value is -2.04. The second kappa shape index (κ2) is 6.93. The molecule has 5 nitrogen and oxygen atoms in total. The molecule has 0 spiro atoms. The van der Waals surface area contributed by atoms with Gasteiger partial charge in [-0.15, -0.1) is 0 Å². The van der Waals surface area contributed by atoms with Crippen LogP contribution in [-0.2, 0) is 9.59 Å². The van der Waals surface area contributed by atoms with Gasteiger partial charge in [-0.1, -0.05) is 26.0 Å². The van der Waals surface area contributed by atoms with Gasteiger partial charge in [-0.25, -0.2) is 4.79 Å². The topological polar surface area (TPSA) is 75.6 Å². The number of amides is 1. The Labute approximate surface area is 118 Å². The summed E-state index contributed by atoms with van der Waals surface area (Å²) in [6.07, 6.45) is 0. The first-order chi connectivity index (χ1) is 9.31. The first-order valence-electron chi connectivity index (χ1n) is 6.53. The predicted molar refractivity (Wildman–Crippen MR) is 75.8 cm³/mol. The van der Waals surface area contributed by atoms with E-state index >= 15 is 0 Å². The summed E-state index contributed by atoms with van der Waals surface area (Å²) in [6, 6.07) is 4.82. The fraction of sp³-hybridized carbons (Fsp3) is 0.467. The van der Waals surface area contributed by atoms with Gasteiger partial charge in [0.25, 0.3) is 5.91 Å². The van der Waals surface area contributed by atoms with Crippen LogP contribution in [0.2, 0.25) is 0 Å². The Morgan fingerprint density at radius 2 is 1.95 bits per heavy atom. The summed E-state index contributed by atoms with van der Waals surface area (Å²) in [7, 11) is 0. The van der Waals surface area contributed by atoms with Gasteiger partial charge in [-0.05, 0) is 37.0 Å². The fourth-order valence-electron chi connectivity index (χ4n) is 1.73. The zero-order chi connectivity index (χ0) is 15.3. The molecule has 0 heterocycles. The number of carbonyl (C=O) groups excluding carboxylic acids is 1. The number of ether oxygens (including phenoxy) is 1. The quantitative estimate of drug-likeness (QED) is 0.834. The number of aryl methyl sites for hydroxylation is 2. The van der Waals surface area contributed by atoms with Gasteiger partial charge in [-0.2, -0.15) is 0 Å². The maximum Gasteiger partial charge on any atom is 0.326 e. The van der Waals surface area contributed by atoms with E-state index in [-0.39, 0.29) is 12.5 Å². The average molecular weight is 279 g/mol. The summed E-state index contributed by atoms with van der Waals surface area (Å²) in [5.74, 6) is -1.03. The van der Waals surface area contributed by atoms with Gasteiger partial charge in [-0.3, -0.25) is 4.79 Å². The highest BCUT2D eigenvalue weighted by Gasteiger charge is 2.23. The van der Waals surface area contributed by atoms with Crippen molar-refractivity contribution in [3.05, 3.63) is 29.3 Å². The normalized spacial score (nSPS) is 12.1. The molecule has 1 rings (SSSR count). The molecule has 110 valence electrons. The number of aliphatic carboxylic acids is 1. The van der Waals surface area contributed by atoms with Gasteiger partial charge in [0.2, 0.25) is 0 Å². The predicted octanol–water partition coefficient (Wildman–Crippen LogP) is 1.91. The largest absolute Gasteiger partial charge is 0.483 e. The first kappa shape index (κ1) is 16.0. The molecule has 0 saturated carbocycles. The van der Waals surface area contributed by atoms with Crippen LogP contribution in [-0.4, -0.2) is 29.6 Å². The van der Waals surface area contributed by atoms with Gasteiger partial charge in [0.15, 0.2) is 6.61 Å². The van der Waals surface area contributed by atoms with Crippen LogP contribution in [0.25, 0.3) is 0 Å². The van der Waals surface area contributed by atoms with Crippen LogP contribution in [0, 0.1) is 19.8 Å². The van der Waals surface area contributed by atoms with E-state index in [0.717, 1.165) is 11.1 Å². The van der Waals surface area contributed by atoms with E-state index in [1.807, 2.05) is 32.0 Å². The van der Waals surface area contributed by atoms with Gasteiger partial charge in [0.1, 0.15) is 11.8 Å². The maximum atomic E-state index is 11.7. The molecule has 2 N–H and O–H groups in total. The molecule has 0 fully saturated rings. The minimum atomic E-state index is -1.04. The molecular weight excluding hydrogens is 258 g/mol. The van der Waals surface area contributed by atoms with E-state index in [1.54, 1.807) is 13.8 Å². The number of hydrogen-bond donors (Lipinski definition) is 2. The minimum absolute atomic E-state index is 0.183. The number of nitrogens with one attached hydrogen (secondary N) is 1. The Morgan fingerprint density at radius 1 is 1.30 bits per heavy atom. The molecule has 5 heteroatoms. The molecule has 0 radical (unpaired) electrons. The SMILES string of the molecule is Cc1ccc(C)c(OCC(=O)N[C@H](C(=O)O)C(C)C)c1. The Balaban J connectivity index is 2.59. The van der Waals surface area contributed by atoms with Crippen LogP contribution in [0.15, 0.2) is 18.2 Å². The van der Waals surface area contributed by atoms with Crippen LogP contribution in [0.4, 0.5) is 0 Å². The lowest BCUT2D eigenvalue weighted by Crippen LogP contribution is -2.46. The molecule has 1 amide bonds. The summed E-state index contributed by atoms with van der Waals surface area (Å²) < 4.78 is 5.43. The number of hydrogen-bond acceptors (Lipinski definition) is 3. The summed E-state index contributed by atoms with van der Waals surface area (Å²) >= 11 is 0. The molecule has 1 aromatic carbocycles. The Morgan fingerprint density at radius 3 is 2.50 bits per heavy atom. The first-order valence-corrected chi connectivity index (χ1v) is 6.53. The van der Waals surface area contributed by atoms with Gasteiger partial charge < -0.3 is 15.2 Å². The van der Waals surface area contributed by atoms with Crippen molar-refractivity contribution in [2.24, 2.45) is 5.92 Å². The molecule has 1 atom stereocenters. The van der Waals surface area contributed by atoms with E-state index in [2.05, 4.69) is 5.32 Å². The van der Waals surface area contributed by atoms with Crippen molar-refractivity contribution in [2.45, 2.75) is 33.7 Å². The smallest absolute Gasteiger partial charge is 0.326 e. The van der Waals surface area contributed by atoms with Crippen molar-refractivity contribution in [1.82, 2.24) is 5.32 Å². The molecule has 20 heavy (non-hydrogen) atoms. The van der Waals surface area contributed by atoms with Gasteiger partial charge in [0.05, 0.1) is 0 Å². The van der Waals surface area contributed by atoms with Gasteiger partial charge in [0, 0.05) is 0 Å². The van der Waals surface area contributed by atoms with Crippen molar-refractivity contribution in [1.29, 1.82) is 0 Å². The number of carboxylic acids is 1. The van der Waals surface area contributed by atoms with Crippen LogP contribution in [0.5, 0.6) is 5.75 Å². The Kier molecular flexibility index (Phi) is 5.55. The second-order valence-corrected chi connectivity index (χ2v) is 5.19. The maximum absolute atomic E-state index is 11.7. The molecule has 1 aromatic rings. The third kappa shape index (κ3) is 4.57. The van der Waals surface area contributed by atoms with Crippen molar-refractivity contribution < 1.29 is 19.4 Å². The highest BCUT2D eigenvalue weighted by molar-refractivity contribution is 5.84. The van der Waals surface area contributed by atoms with Gasteiger partial charge >= 0.3 is 5.97 Å². The van der Waals surface area contributed by atoms with E-state index < -0.39 is 17.9 Å². The summed E-state index contributed by atoms with van der Waals surface area (Å²) in [6.45, 7) is 7.11. The molecule has 0 saturated heterocycles. The molecular formula is C15H21NO4. The van der Waals surface area contributed by atoms with Crippen LogP contribution in [0.1, 0.15) is 25.0 Å². The summed E-state index contributed by atoms with van der Waals surface area (Å²) in [4.78, 5) is 22.7. The van der Waals surface area contributed by atoms with Crippen molar-refractivity contribution in [3.63, 3.8) is 0 Å². The van der Waals surface area contributed by atoms with Crippen LogP contribution >= 0.6 is 0 Å². The van der Waals surface area contributed by atoms with E-state index in [1.165, 1.54) is 0 Å². The van der Waals surface area contributed by atoms with Crippen molar-refractivity contribution in [3.8, 4) is 5.75 Å². The molecule has 0 aliphatic heterocycles. The minimum Gasteiger partial charge on any atom is -0.483 e. The van der Waals surface area contributed by atoms with Crippen molar-refractivity contribution >= 4 is 11.9 Å². The highest BCUT2D eigenvalue weighted by Crippen LogP contribution is 2.18. The lowest BCUT2D eigenvalue weighted by Gasteiger charge is -2.18. The molecule has 0 unspecified atom stereocenters. The number of carboxylic acid groups (broad SMARTS) is 1. The highest BCUT2D eigenvalue weighted by atomic mass is 16.5. The monoisotopic (exact) mass is 279 g/mol. The summed E-state index contributed by atoms with van der Waals surface area (Å²) in [5.41, 5.74) is 1.97. The molecule has 0 aromatic heterocycles. The Bertz CT molecular complexity index is 497. The molecule has 0 aliphatic carbocycles. The lowest BCUT2D eigenvalue weighted by molar-refractivity contribution is -0.143. The average Bonchev–Trinajstić information content (AvgIpc) is 2.36. The fourth-order valence-corrected chi connectivity index (χ4v) is 1.73. The number of rotatable bonds is 6. The standard InChI is InChI=1S/C15H21NO4/c1-9(2)14(15(18)19)16-13(17)8-20-12-7-10(3)5-6-11(12)4/h5-7,9,14H,8H2,1-4H3,(H,16,17)(H,18,19)/t14-/m0/s1. The molecule has 0 bridgehead atoms. The zero-order valence-electron chi connectivity index (χ0n) is 12.3. The third-order valence-electron chi connectivity index (χ3n) is 2.95. The third-order valence-corrected chi connectivity index (χ3v) is 2.95. The van der Waals surface area contributed by atoms with Crippen LogP contribution < -0.4 is 10.1 Å². The van der Waals surface area contributed by atoms with Crippen LogP contribution in [0.3, 0.4) is 0 Å².